The summed E-state index contributed by atoms with van der Waals surface area (Å²) in [6.45, 7) is 4.75. The molecule has 2 aromatic heterocycles. The lowest BCUT2D eigenvalue weighted by Gasteiger charge is -2.06. The topological polar surface area (TPSA) is 59.8 Å². The van der Waals surface area contributed by atoms with Crippen LogP contribution in [0, 0.1) is 6.92 Å². The minimum atomic E-state index is -0.123. The zero-order chi connectivity index (χ0) is 17.6. The van der Waals surface area contributed by atoms with Crippen molar-refractivity contribution in [3.8, 4) is 0 Å². The molecule has 0 aliphatic rings. The van der Waals surface area contributed by atoms with Crippen LogP contribution in [0.4, 0.5) is 5.69 Å². The second-order valence-corrected chi connectivity index (χ2v) is 6.56. The summed E-state index contributed by atoms with van der Waals surface area (Å²) in [7, 11) is 0. The predicted octanol–water partition coefficient (Wildman–Crippen LogP) is 4.15. The van der Waals surface area contributed by atoms with E-state index in [1.807, 2.05) is 61.0 Å². The summed E-state index contributed by atoms with van der Waals surface area (Å²) in [5.74, 6) is 0.698. The minimum Gasteiger partial charge on any atom is -0.319 e. The van der Waals surface area contributed by atoms with Crippen LogP contribution >= 0.6 is 11.8 Å². The number of aryl methyl sites for hydroxylation is 1. The number of hydrogen-bond acceptors (Lipinski definition) is 4. The molecular weight excluding hydrogens is 332 g/mol. The van der Waals surface area contributed by atoms with Gasteiger partial charge in [0.05, 0.1) is 22.6 Å². The lowest BCUT2D eigenvalue weighted by molar-refractivity contribution is 0.102. The van der Waals surface area contributed by atoms with Crippen LogP contribution in [-0.2, 0) is 12.3 Å². The number of thioether (sulfide) groups is 1. The highest BCUT2D eigenvalue weighted by Crippen LogP contribution is 2.21. The van der Waals surface area contributed by atoms with E-state index in [4.69, 9.17) is 0 Å². The van der Waals surface area contributed by atoms with Gasteiger partial charge in [0.25, 0.3) is 5.91 Å². The predicted molar refractivity (Wildman–Crippen MR) is 101 cm³/mol. The van der Waals surface area contributed by atoms with Crippen LogP contribution < -0.4 is 5.32 Å². The van der Waals surface area contributed by atoms with E-state index in [2.05, 4.69) is 15.4 Å². The molecule has 0 radical (unpaired) electrons. The highest BCUT2D eigenvalue weighted by Gasteiger charge is 2.11. The molecule has 0 aliphatic carbocycles. The van der Waals surface area contributed by atoms with Crippen molar-refractivity contribution < 1.29 is 4.79 Å². The van der Waals surface area contributed by atoms with Crippen molar-refractivity contribution in [2.24, 2.45) is 0 Å². The first-order chi connectivity index (χ1) is 12.2. The first kappa shape index (κ1) is 17.2. The number of aromatic nitrogens is 3. The number of carbonyl (C=O) groups is 1. The number of nitrogens with one attached hydrogen (secondary N) is 1. The molecule has 0 saturated carbocycles. The van der Waals surface area contributed by atoms with Crippen LogP contribution in [0.3, 0.4) is 0 Å². The Morgan fingerprint density at radius 1 is 1.20 bits per heavy atom. The molecule has 0 saturated heterocycles. The third kappa shape index (κ3) is 4.28. The molecule has 6 heteroatoms. The first-order valence-electron chi connectivity index (χ1n) is 8.14. The van der Waals surface area contributed by atoms with Gasteiger partial charge in [0.15, 0.2) is 0 Å². The monoisotopic (exact) mass is 352 g/mol. The molecule has 128 valence electrons. The fourth-order valence-electron chi connectivity index (χ4n) is 2.42. The molecule has 3 rings (SSSR count). The van der Waals surface area contributed by atoms with E-state index in [-0.39, 0.29) is 5.91 Å². The summed E-state index contributed by atoms with van der Waals surface area (Å²) in [5.41, 5.74) is 3.50. The lowest BCUT2D eigenvalue weighted by Crippen LogP contribution is -2.12. The Kier molecular flexibility index (Phi) is 5.50. The Morgan fingerprint density at radius 2 is 2.00 bits per heavy atom. The van der Waals surface area contributed by atoms with Gasteiger partial charge in [0.1, 0.15) is 0 Å². The number of benzene rings is 1. The van der Waals surface area contributed by atoms with E-state index in [0.29, 0.717) is 5.56 Å². The quantitative estimate of drug-likeness (QED) is 0.677. The summed E-state index contributed by atoms with van der Waals surface area (Å²) in [6.07, 6.45) is 3.48. The largest absolute Gasteiger partial charge is 0.319 e. The Hall–Kier alpha value is -2.60. The average molecular weight is 352 g/mol. The summed E-state index contributed by atoms with van der Waals surface area (Å²) in [6, 6.07) is 13.5. The van der Waals surface area contributed by atoms with Crippen molar-refractivity contribution in [2.75, 3.05) is 5.32 Å². The molecule has 0 fully saturated rings. The number of rotatable bonds is 6. The fourth-order valence-corrected chi connectivity index (χ4v) is 3.24. The maximum absolute atomic E-state index is 12.4. The number of nitrogens with zero attached hydrogens (tertiary/aromatic N) is 3. The summed E-state index contributed by atoms with van der Waals surface area (Å²) in [4.78, 5) is 16.7. The van der Waals surface area contributed by atoms with Crippen LogP contribution in [0.1, 0.15) is 28.5 Å². The standard InChI is InChI=1S/C19H20N4OS/c1-3-23-14(2)17(12-21-23)22-19(24)16-9-7-15(8-10-16)13-25-18-6-4-5-11-20-18/h4-12H,3,13H2,1-2H3,(H,22,24). The van der Waals surface area contributed by atoms with Crippen molar-refractivity contribution in [2.45, 2.75) is 31.2 Å². The summed E-state index contributed by atoms with van der Waals surface area (Å²) < 4.78 is 1.85. The smallest absolute Gasteiger partial charge is 0.255 e. The van der Waals surface area contributed by atoms with Crippen LogP contribution in [0.5, 0.6) is 0 Å². The van der Waals surface area contributed by atoms with Gasteiger partial charge in [0.2, 0.25) is 0 Å². The molecule has 0 spiro atoms. The molecule has 5 nitrogen and oxygen atoms in total. The number of anilines is 1. The normalized spacial score (nSPS) is 10.6. The number of carbonyl (C=O) groups excluding carboxylic acids is 1. The molecule has 1 N–H and O–H groups in total. The van der Waals surface area contributed by atoms with E-state index in [9.17, 15) is 4.79 Å². The van der Waals surface area contributed by atoms with E-state index in [1.54, 1.807) is 24.2 Å². The molecular formula is C19H20N4OS. The maximum atomic E-state index is 12.4. The van der Waals surface area contributed by atoms with Crippen LogP contribution in [0.25, 0.3) is 0 Å². The highest BCUT2D eigenvalue weighted by atomic mass is 32.2. The Bertz CT molecular complexity index is 844. The van der Waals surface area contributed by atoms with Crippen LogP contribution in [-0.4, -0.2) is 20.7 Å². The van der Waals surface area contributed by atoms with Gasteiger partial charge in [-0.05, 0) is 43.7 Å². The van der Waals surface area contributed by atoms with Crippen molar-refractivity contribution >= 4 is 23.4 Å². The zero-order valence-electron chi connectivity index (χ0n) is 14.3. The van der Waals surface area contributed by atoms with Crippen LogP contribution in [0.15, 0.2) is 59.9 Å². The van der Waals surface area contributed by atoms with Gasteiger partial charge in [-0.25, -0.2) is 4.98 Å². The molecule has 3 aromatic rings. The average Bonchev–Trinajstić information content (AvgIpc) is 3.01. The van der Waals surface area contributed by atoms with E-state index < -0.39 is 0 Å². The SMILES string of the molecule is CCn1ncc(NC(=O)c2ccc(CSc3ccccn3)cc2)c1C. The van der Waals surface area contributed by atoms with E-state index in [1.165, 1.54) is 0 Å². The number of hydrogen-bond donors (Lipinski definition) is 1. The summed E-state index contributed by atoms with van der Waals surface area (Å²) in [5, 5.41) is 8.16. The Morgan fingerprint density at radius 3 is 2.64 bits per heavy atom. The van der Waals surface area contributed by atoms with Gasteiger partial charge in [0, 0.05) is 24.1 Å². The molecule has 1 amide bonds. The molecule has 0 bridgehead atoms. The van der Waals surface area contributed by atoms with Gasteiger partial charge < -0.3 is 5.32 Å². The van der Waals surface area contributed by atoms with Crippen molar-refractivity contribution in [1.82, 2.24) is 14.8 Å². The second kappa shape index (κ2) is 7.98. The molecule has 25 heavy (non-hydrogen) atoms. The highest BCUT2D eigenvalue weighted by molar-refractivity contribution is 7.98. The Balaban J connectivity index is 1.61. The number of pyridine rings is 1. The molecule has 1 aromatic carbocycles. The second-order valence-electron chi connectivity index (χ2n) is 5.57. The molecule has 2 heterocycles. The van der Waals surface area contributed by atoms with Crippen LogP contribution in [0.2, 0.25) is 0 Å². The summed E-state index contributed by atoms with van der Waals surface area (Å²) >= 11 is 1.67. The lowest BCUT2D eigenvalue weighted by atomic mass is 10.1. The zero-order valence-corrected chi connectivity index (χ0v) is 15.1. The molecule has 0 atom stereocenters. The van der Waals surface area contributed by atoms with Gasteiger partial charge in [-0.1, -0.05) is 18.2 Å². The van der Waals surface area contributed by atoms with E-state index in [0.717, 1.165) is 34.3 Å². The van der Waals surface area contributed by atoms with Gasteiger partial charge in [-0.2, -0.15) is 5.10 Å². The third-order valence-electron chi connectivity index (χ3n) is 3.89. The first-order valence-corrected chi connectivity index (χ1v) is 9.12. The van der Waals surface area contributed by atoms with Gasteiger partial charge in [-0.15, -0.1) is 11.8 Å². The number of amides is 1. The molecule has 0 aliphatic heterocycles. The molecule has 0 unspecified atom stereocenters. The Labute approximate surface area is 151 Å². The van der Waals surface area contributed by atoms with Crippen molar-refractivity contribution in [3.63, 3.8) is 0 Å². The van der Waals surface area contributed by atoms with Gasteiger partial charge in [-0.3, -0.25) is 9.48 Å². The van der Waals surface area contributed by atoms with E-state index >= 15 is 0 Å². The fraction of sp³-hybridized carbons (Fsp3) is 0.211. The minimum absolute atomic E-state index is 0.123. The van der Waals surface area contributed by atoms with Crippen molar-refractivity contribution in [3.05, 3.63) is 71.7 Å². The van der Waals surface area contributed by atoms with Gasteiger partial charge >= 0.3 is 0 Å². The van der Waals surface area contributed by atoms with Crippen molar-refractivity contribution in [1.29, 1.82) is 0 Å². The third-order valence-corrected chi connectivity index (χ3v) is 4.91. The maximum Gasteiger partial charge on any atom is 0.255 e.